The van der Waals surface area contributed by atoms with E-state index in [1.54, 1.807) is 10.9 Å². The maximum absolute atomic E-state index is 12.7. The fourth-order valence-electron chi connectivity index (χ4n) is 3.58. The third kappa shape index (κ3) is 3.89. The fourth-order valence-corrected chi connectivity index (χ4v) is 3.73. The van der Waals surface area contributed by atoms with Crippen LogP contribution in [0.5, 0.6) is 0 Å². The minimum atomic E-state index is -0.0868. The summed E-state index contributed by atoms with van der Waals surface area (Å²) in [7, 11) is 0. The molecular formula is C18H25ClN4O2. The first-order valence-corrected chi connectivity index (χ1v) is 9.14. The van der Waals surface area contributed by atoms with Crippen LogP contribution in [0.3, 0.4) is 0 Å². The van der Waals surface area contributed by atoms with E-state index in [1.165, 1.54) is 5.57 Å². The molecule has 3 saturated heterocycles. The Labute approximate surface area is 153 Å². The van der Waals surface area contributed by atoms with E-state index in [0.29, 0.717) is 30.4 Å². The summed E-state index contributed by atoms with van der Waals surface area (Å²) in [6.07, 6.45) is 5.58. The van der Waals surface area contributed by atoms with E-state index in [1.807, 2.05) is 30.6 Å². The van der Waals surface area contributed by atoms with Gasteiger partial charge in [0.05, 0.1) is 16.6 Å². The molecule has 3 aliphatic rings. The normalized spacial score (nSPS) is 23.0. The van der Waals surface area contributed by atoms with E-state index < -0.39 is 0 Å². The standard InChI is InChI=1S/C18H25ClN4O2/c1-12(2)6-7-23-15-5-4-14(18(23)25)8-21(9-15)17(24)11-22-10-16(19)13(3)20-22/h6,10,14-15H,4-5,7-9,11H2,1-3H3. The average molecular weight is 365 g/mol. The molecule has 0 N–H and O–H groups in total. The molecule has 3 aliphatic heterocycles. The smallest absolute Gasteiger partial charge is 0.244 e. The predicted molar refractivity (Wildman–Crippen MR) is 96.2 cm³/mol. The number of hydrogen-bond acceptors (Lipinski definition) is 3. The molecule has 2 unspecified atom stereocenters. The van der Waals surface area contributed by atoms with Gasteiger partial charge in [0.1, 0.15) is 6.54 Å². The van der Waals surface area contributed by atoms with Gasteiger partial charge in [-0.1, -0.05) is 23.3 Å². The van der Waals surface area contributed by atoms with Crippen LogP contribution in [-0.2, 0) is 16.1 Å². The van der Waals surface area contributed by atoms with E-state index in [2.05, 4.69) is 11.2 Å². The number of aryl methyl sites for hydroxylation is 1. The molecule has 0 radical (unpaired) electrons. The number of aromatic nitrogens is 2. The molecule has 4 rings (SSSR count). The monoisotopic (exact) mass is 364 g/mol. The van der Waals surface area contributed by atoms with Crippen molar-refractivity contribution in [2.75, 3.05) is 19.6 Å². The minimum Gasteiger partial charge on any atom is -0.338 e. The Hall–Kier alpha value is -1.82. The van der Waals surface area contributed by atoms with E-state index in [4.69, 9.17) is 11.6 Å². The van der Waals surface area contributed by atoms with Gasteiger partial charge in [-0.3, -0.25) is 14.3 Å². The fraction of sp³-hybridized carbons (Fsp3) is 0.611. The Kier molecular flexibility index (Phi) is 5.18. The summed E-state index contributed by atoms with van der Waals surface area (Å²) in [5, 5.41) is 4.81. The number of fused-ring (bicyclic) bond motifs is 4. The van der Waals surface area contributed by atoms with Crippen LogP contribution >= 0.6 is 11.6 Å². The number of nitrogens with zero attached hydrogens (tertiary/aromatic N) is 4. The first kappa shape index (κ1) is 18.0. The highest BCUT2D eigenvalue weighted by Crippen LogP contribution is 2.29. The summed E-state index contributed by atoms with van der Waals surface area (Å²) in [5.74, 6) is 0.0890. The lowest BCUT2D eigenvalue weighted by Gasteiger charge is -2.35. The minimum absolute atomic E-state index is 0.00655. The van der Waals surface area contributed by atoms with Crippen LogP contribution in [-0.4, -0.2) is 57.1 Å². The molecule has 25 heavy (non-hydrogen) atoms. The zero-order chi connectivity index (χ0) is 18.1. The molecule has 3 fully saturated rings. The molecule has 136 valence electrons. The van der Waals surface area contributed by atoms with Crippen LogP contribution < -0.4 is 0 Å². The Morgan fingerprint density at radius 2 is 2.12 bits per heavy atom. The largest absolute Gasteiger partial charge is 0.338 e. The lowest BCUT2D eigenvalue weighted by molar-refractivity contribution is -0.139. The van der Waals surface area contributed by atoms with Crippen molar-refractivity contribution < 1.29 is 9.59 Å². The Morgan fingerprint density at radius 1 is 1.36 bits per heavy atom. The lowest BCUT2D eigenvalue weighted by atomic mass is 9.94. The van der Waals surface area contributed by atoms with Gasteiger partial charge in [0, 0.05) is 31.9 Å². The van der Waals surface area contributed by atoms with Crippen molar-refractivity contribution in [2.45, 2.75) is 46.2 Å². The SMILES string of the molecule is CC(C)=CCN1C(=O)C2CCC1CN(C(=O)Cn1cc(Cl)c(C)n1)C2. The van der Waals surface area contributed by atoms with Crippen LogP contribution in [0.15, 0.2) is 17.8 Å². The van der Waals surface area contributed by atoms with Crippen molar-refractivity contribution in [3.05, 3.63) is 28.6 Å². The quantitative estimate of drug-likeness (QED) is 0.770. The van der Waals surface area contributed by atoms with Gasteiger partial charge in [-0.15, -0.1) is 0 Å². The van der Waals surface area contributed by atoms with Gasteiger partial charge in [0.15, 0.2) is 0 Å². The van der Waals surface area contributed by atoms with Crippen LogP contribution in [0.4, 0.5) is 0 Å². The molecule has 0 spiro atoms. The first-order valence-electron chi connectivity index (χ1n) is 8.76. The predicted octanol–water partition coefficient (Wildman–Crippen LogP) is 2.26. The summed E-state index contributed by atoms with van der Waals surface area (Å²) in [6.45, 7) is 7.79. The van der Waals surface area contributed by atoms with Crippen molar-refractivity contribution in [1.29, 1.82) is 0 Å². The van der Waals surface area contributed by atoms with Crippen LogP contribution in [0.2, 0.25) is 5.02 Å². The van der Waals surface area contributed by atoms with Crippen molar-refractivity contribution in [1.82, 2.24) is 19.6 Å². The maximum atomic E-state index is 12.7. The molecule has 4 heterocycles. The highest BCUT2D eigenvalue weighted by Gasteiger charge is 2.41. The zero-order valence-electron chi connectivity index (χ0n) is 15.0. The first-order chi connectivity index (χ1) is 11.8. The molecule has 2 atom stereocenters. The maximum Gasteiger partial charge on any atom is 0.244 e. The number of hydrogen-bond donors (Lipinski definition) is 0. The molecule has 1 aromatic heterocycles. The summed E-state index contributed by atoms with van der Waals surface area (Å²) >= 11 is 6.01. The Bertz CT molecular complexity index is 688. The summed E-state index contributed by atoms with van der Waals surface area (Å²) in [4.78, 5) is 29.2. The number of amides is 2. The molecule has 7 heteroatoms. The summed E-state index contributed by atoms with van der Waals surface area (Å²) < 4.78 is 1.58. The highest BCUT2D eigenvalue weighted by atomic mass is 35.5. The molecule has 0 saturated carbocycles. The number of halogens is 1. The van der Waals surface area contributed by atoms with Crippen molar-refractivity contribution in [3.63, 3.8) is 0 Å². The van der Waals surface area contributed by atoms with Gasteiger partial charge in [-0.2, -0.15) is 5.10 Å². The Balaban J connectivity index is 1.71. The van der Waals surface area contributed by atoms with Gasteiger partial charge in [-0.25, -0.2) is 0 Å². The van der Waals surface area contributed by atoms with Gasteiger partial charge < -0.3 is 9.80 Å². The third-order valence-corrected chi connectivity index (χ3v) is 5.40. The van der Waals surface area contributed by atoms with E-state index >= 15 is 0 Å². The summed E-state index contributed by atoms with van der Waals surface area (Å²) in [6, 6.07) is 0.105. The second-order valence-corrected chi connectivity index (χ2v) is 7.67. The van der Waals surface area contributed by atoms with Gasteiger partial charge in [0.2, 0.25) is 11.8 Å². The number of carbonyl (C=O) groups is 2. The molecule has 0 aromatic carbocycles. The molecule has 0 aliphatic carbocycles. The van der Waals surface area contributed by atoms with Crippen molar-refractivity contribution >= 4 is 23.4 Å². The van der Waals surface area contributed by atoms with E-state index in [0.717, 1.165) is 12.8 Å². The zero-order valence-corrected chi connectivity index (χ0v) is 15.8. The van der Waals surface area contributed by atoms with Gasteiger partial charge in [-0.05, 0) is 33.6 Å². The Morgan fingerprint density at radius 3 is 2.76 bits per heavy atom. The summed E-state index contributed by atoms with van der Waals surface area (Å²) in [5.41, 5.74) is 1.92. The number of carbonyl (C=O) groups excluding carboxylic acids is 2. The molecule has 2 amide bonds. The van der Waals surface area contributed by atoms with Crippen molar-refractivity contribution in [3.8, 4) is 0 Å². The number of piperidine rings is 1. The van der Waals surface area contributed by atoms with Gasteiger partial charge >= 0.3 is 0 Å². The molecule has 1 aromatic rings. The molecular weight excluding hydrogens is 340 g/mol. The number of allylic oxidation sites excluding steroid dienone is 1. The third-order valence-electron chi connectivity index (χ3n) is 5.03. The average Bonchev–Trinajstić information content (AvgIpc) is 2.73. The van der Waals surface area contributed by atoms with Crippen molar-refractivity contribution in [2.24, 2.45) is 5.92 Å². The van der Waals surface area contributed by atoms with Crippen LogP contribution in [0.1, 0.15) is 32.4 Å². The second-order valence-electron chi connectivity index (χ2n) is 7.26. The lowest BCUT2D eigenvalue weighted by Crippen LogP contribution is -2.48. The highest BCUT2D eigenvalue weighted by molar-refractivity contribution is 6.31. The van der Waals surface area contributed by atoms with Crippen LogP contribution in [0, 0.1) is 12.8 Å². The number of rotatable bonds is 4. The van der Waals surface area contributed by atoms with Crippen LogP contribution in [0.25, 0.3) is 0 Å². The topological polar surface area (TPSA) is 58.4 Å². The molecule has 6 nitrogen and oxygen atoms in total. The van der Waals surface area contributed by atoms with E-state index in [-0.39, 0.29) is 30.3 Å². The van der Waals surface area contributed by atoms with Gasteiger partial charge in [0.25, 0.3) is 0 Å². The van der Waals surface area contributed by atoms with E-state index in [9.17, 15) is 9.59 Å². The second kappa shape index (κ2) is 7.20. The molecule has 2 bridgehead atoms.